The predicted molar refractivity (Wildman–Crippen MR) is 83.0 cm³/mol. The van der Waals surface area contributed by atoms with Gasteiger partial charge in [0.25, 0.3) is 0 Å². The molecule has 1 aliphatic rings. The number of hydrogen-bond donors (Lipinski definition) is 1. The second-order valence-electron chi connectivity index (χ2n) is 5.55. The van der Waals surface area contributed by atoms with Gasteiger partial charge in [0.15, 0.2) is 0 Å². The molecule has 0 unspecified atom stereocenters. The van der Waals surface area contributed by atoms with Crippen LogP contribution in [0.1, 0.15) is 12.0 Å². The predicted octanol–water partition coefficient (Wildman–Crippen LogP) is 2.41. The Balaban J connectivity index is 1.90. The zero-order chi connectivity index (χ0) is 15.8. The number of piperidine rings is 1. The second-order valence-corrected chi connectivity index (χ2v) is 5.55. The van der Waals surface area contributed by atoms with Gasteiger partial charge in [-0.2, -0.15) is 0 Å². The van der Waals surface area contributed by atoms with Gasteiger partial charge < -0.3 is 19.5 Å². The molecule has 1 aromatic carbocycles. The Bertz CT molecular complexity index is 489. The summed E-state index contributed by atoms with van der Waals surface area (Å²) in [5.74, 6) is 0.250. The van der Waals surface area contributed by atoms with Crippen LogP contribution in [0, 0.1) is 11.8 Å². The zero-order valence-electron chi connectivity index (χ0n) is 12.9. The molecule has 1 fully saturated rings. The van der Waals surface area contributed by atoms with Gasteiger partial charge in [-0.15, -0.1) is 0 Å². The molecule has 5 nitrogen and oxygen atoms in total. The molecule has 0 aromatic heterocycles. The number of aliphatic hydroxyl groups is 1. The fraction of sp³-hybridized carbons (Fsp3) is 0.471. The van der Waals surface area contributed by atoms with Gasteiger partial charge in [-0.3, -0.25) is 0 Å². The molecule has 22 heavy (non-hydrogen) atoms. The average Bonchev–Trinajstić information content (AvgIpc) is 2.58. The van der Waals surface area contributed by atoms with Crippen LogP contribution in [-0.4, -0.2) is 42.9 Å². The maximum atomic E-state index is 12.2. The molecule has 1 amide bonds. The van der Waals surface area contributed by atoms with E-state index in [4.69, 9.17) is 9.47 Å². The smallest absolute Gasteiger partial charge is 0.410 e. The minimum absolute atomic E-state index is 0.0692. The van der Waals surface area contributed by atoms with Crippen LogP contribution in [0.4, 0.5) is 4.79 Å². The summed E-state index contributed by atoms with van der Waals surface area (Å²) >= 11 is 0. The summed E-state index contributed by atoms with van der Waals surface area (Å²) in [6.45, 7) is 1.45. The monoisotopic (exact) mass is 305 g/mol. The van der Waals surface area contributed by atoms with Crippen molar-refractivity contribution in [3.8, 4) is 0 Å². The molecular formula is C17H23NO4. The molecule has 1 aromatic rings. The van der Waals surface area contributed by atoms with Gasteiger partial charge in [0.1, 0.15) is 6.61 Å². The van der Waals surface area contributed by atoms with E-state index >= 15 is 0 Å². The first-order valence-electron chi connectivity index (χ1n) is 7.49. The zero-order valence-corrected chi connectivity index (χ0v) is 12.9. The van der Waals surface area contributed by atoms with E-state index in [1.807, 2.05) is 36.4 Å². The summed E-state index contributed by atoms with van der Waals surface area (Å²) in [4.78, 5) is 13.9. The molecule has 0 aliphatic carbocycles. The number of hydrogen-bond acceptors (Lipinski definition) is 4. The van der Waals surface area contributed by atoms with E-state index in [2.05, 4.69) is 0 Å². The van der Waals surface area contributed by atoms with Gasteiger partial charge in [-0.25, -0.2) is 4.79 Å². The van der Waals surface area contributed by atoms with Crippen molar-refractivity contribution in [1.29, 1.82) is 0 Å². The van der Waals surface area contributed by atoms with E-state index in [9.17, 15) is 9.90 Å². The number of methoxy groups -OCH3 is 1. The highest BCUT2D eigenvalue weighted by Gasteiger charge is 2.29. The van der Waals surface area contributed by atoms with Crippen LogP contribution in [0.2, 0.25) is 0 Å². The van der Waals surface area contributed by atoms with Gasteiger partial charge in [-0.05, 0) is 24.0 Å². The molecule has 2 rings (SSSR count). The van der Waals surface area contributed by atoms with Crippen molar-refractivity contribution in [3.63, 3.8) is 0 Å². The molecular weight excluding hydrogens is 282 g/mol. The van der Waals surface area contributed by atoms with E-state index in [1.54, 1.807) is 18.3 Å². The maximum absolute atomic E-state index is 12.2. The summed E-state index contributed by atoms with van der Waals surface area (Å²) in [6.07, 6.45) is 4.06. The second kappa shape index (κ2) is 8.44. The van der Waals surface area contributed by atoms with Crippen molar-refractivity contribution < 1.29 is 19.4 Å². The number of aliphatic hydroxyl groups excluding tert-OH is 1. The Morgan fingerprint density at radius 2 is 2.14 bits per heavy atom. The van der Waals surface area contributed by atoms with Crippen LogP contribution in [0.5, 0.6) is 0 Å². The highest BCUT2D eigenvalue weighted by Crippen LogP contribution is 2.23. The van der Waals surface area contributed by atoms with Crippen LogP contribution in [0.3, 0.4) is 0 Å². The molecule has 1 aliphatic heterocycles. The Morgan fingerprint density at radius 1 is 1.36 bits per heavy atom. The van der Waals surface area contributed by atoms with Gasteiger partial charge in [0.05, 0.1) is 13.4 Å². The van der Waals surface area contributed by atoms with Crippen molar-refractivity contribution >= 4 is 6.09 Å². The number of ether oxygens (including phenoxy) is 2. The van der Waals surface area contributed by atoms with Crippen LogP contribution in [-0.2, 0) is 16.1 Å². The van der Waals surface area contributed by atoms with Crippen LogP contribution in [0.25, 0.3) is 0 Å². The van der Waals surface area contributed by atoms with Crippen molar-refractivity contribution in [2.45, 2.75) is 13.0 Å². The molecule has 0 spiro atoms. The van der Waals surface area contributed by atoms with Crippen LogP contribution >= 0.6 is 0 Å². The van der Waals surface area contributed by atoms with Crippen molar-refractivity contribution in [2.24, 2.45) is 11.8 Å². The highest BCUT2D eigenvalue weighted by molar-refractivity contribution is 5.67. The number of rotatable bonds is 5. The molecule has 1 saturated heterocycles. The SMILES string of the molecule is CO/C=C/[C@H]1C[C@@H](CO)CN(C(=O)OCc2ccccc2)C1. The summed E-state index contributed by atoms with van der Waals surface area (Å²) < 4.78 is 10.3. The molecule has 0 radical (unpaired) electrons. The molecule has 0 saturated carbocycles. The number of amides is 1. The Kier molecular flexibility index (Phi) is 6.27. The fourth-order valence-corrected chi connectivity index (χ4v) is 2.67. The molecule has 0 bridgehead atoms. The third kappa shape index (κ3) is 4.77. The van der Waals surface area contributed by atoms with E-state index in [0.29, 0.717) is 13.1 Å². The minimum Gasteiger partial charge on any atom is -0.505 e. The number of likely N-dealkylation sites (tertiary alicyclic amines) is 1. The van der Waals surface area contributed by atoms with Gasteiger partial charge in [0.2, 0.25) is 0 Å². The number of carbonyl (C=O) groups is 1. The fourth-order valence-electron chi connectivity index (χ4n) is 2.67. The minimum atomic E-state index is -0.335. The Morgan fingerprint density at radius 3 is 2.82 bits per heavy atom. The normalized spacial score (nSPS) is 21.8. The summed E-state index contributed by atoms with van der Waals surface area (Å²) in [5.41, 5.74) is 0.961. The largest absolute Gasteiger partial charge is 0.505 e. The quantitative estimate of drug-likeness (QED) is 0.849. The number of carbonyl (C=O) groups excluding carboxylic acids is 1. The molecule has 1 heterocycles. The van der Waals surface area contributed by atoms with Gasteiger partial charge in [-0.1, -0.05) is 30.3 Å². The van der Waals surface area contributed by atoms with E-state index < -0.39 is 0 Å². The Hall–Kier alpha value is -2.01. The summed E-state index contributed by atoms with van der Waals surface area (Å²) in [5, 5.41) is 9.41. The van der Waals surface area contributed by atoms with Gasteiger partial charge >= 0.3 is 6.09 Å². The third-order valence-electron chi connectivity index (χ3n) is 3.78. The lowest BCUT2D eigenvalue weighted by Crippen LogP contribution is -2.44. The lowest BCUT2D eigenvalue weighted by molar-refractivity contribution is 0.0582. The van der Waals surface area contributed by atoms with E-state index in [1.165, 1.54) is 0 Å². The standard InChI is InChI=1S/C17H23NO4/c1-21-8-7-15-9-16(12-19)11-18(10-15)17(20)22-13-14-5-3-2-4-6-14/h2-8,15-16,19H,9-13H2,1H3/b8-7+/t15-,16+/m0/s1. The first kappa shape index (κ1) is 16.4. The topological polar surface area (TPSA) is 59.0 Å². The van der Waals surface area contributed by atoms with E-state index in [-0.39, 0.29) is 31.1 Å². The van der Waals surface area contributed by atoms with Crippen LogP contribution < -0.4 is 0 Å². The maximum Gasteiger partial charge on any atom is 0.410 e. The molecule has 120 valence electrons. The number of benzene rings is 1. The van der Waals surface area contributed by atoms with Crippen molar-refractivity contribution in [1.82, 2.24) is 4.90 Å². The van der Waals surface area contributed by atoms with E-state index in [0.717, 1.165) is 12.0 Å². The molecule has 2 atom stereocenters. The Labute approximate surface area is 131 Å². The summed E-state index contributed by atoms with van der Waals surface area (Å²) in [7, 11) is 1.59. The average molecular weight is 305 g/mol. The number of nitrogens with zero attached hydrogens (tertiary/aromatic N) is 1. The lowest BCUT2D eigenvalue weighted by Gasteiger charge is -2.35. The van der Waals surface area contributed by atoms with Crippen molar-refractivity contribution in [3.05, 3.63) is 48.2 Å². The third-order valence-corrected chi connectivity index (χ3v) is 3.78. The molecule has 5 heteroatoms. The van der Waals surface area contributed by atoms with Crippen molar-refractivity contribution in [2.75, 3.05) is 26.8 Å². The summed E-state index contributed by atoms with van der Waals surface area (Å²) in [6, 6.07) is 9.59. The van der Waals surface area contributed by atoms with Gasteiger partial charge in [0, 0.05) is 25.6 Å². The molecule has 1 N–H and O–H groups in total. The lowest BCUT2D eigenvalue weighted by atomic mass is 9.90. The van der Waals surface area contributed by atoms with Crippen LogP contribution in [0.15, 0.2) is 42.7 Å². The first-order valence-corrected chi connectivity index (χ1v) is 7.49. The first-order chi connectivity index (χ1) is 10.7. The highest BCUT2D eigenvalue weighted by atomic mass is 16.6.